The number of piperazine rings is 1. The Balaban J connectivity index is 0.00000225. The van der Waals surface area contributed by atoms with E-state index in [0.717, 1.165) is 13.1 Å². The van der Waals surface area contributed by atoms with Crippen molar-refractivity contribution in [1.29, 1.82) is 0 Å². The third kappa shape index (κ3) is 5.12. The molecule has 1 aliphatic heterocycles. The van der Waals surface area contributed by atoms with E-state index in [4.69, 9.17) is 5.73 Å². The normalized spacial score (nSPS) is 14.6. The highest BCUT2D eigenvalue weighted by Crippen LogP contribution is 2.15. The minimum atomic E-state index is -0.208. The number of carbonyl (C=O) groups excluding carboxylic acids is 1. The predicted molar refractivity (Wildman–Crippen MR) is 104 cm³/mol. The number of amides is 2. The predicted octanol–water partition coefficient (Wildman–Crippen LogP) is 2.59. The molecule has 0 spiro atoms. The second-order valence-corrected chi connectivity index (χ2v) is 5.57. The molecule has 0 aromatic heterocycles. The Morgan fingerprint density at radius 3 is 2.08 bits per heavy atom. The first-order valence-corrected chi connectivity index (χ1v) is 7.97. The van der Waals surface area contributed by atoms with Crippen LogP contribution in [0.1, 0.15) is 0 Å². The summed E-state index contributed by atoms with van der Waals surface area (Å²) in [6, 6.07) is 19.3. The summed E-state index contributed by atoms with van der Waals surface area (Å²) in [6.45, 7) is 2.90. The smallest absolute Gasteiger partial charge is 0.324 e. The number of nitrogens with zero attached hydrogens (tertiary/aromatic N) is 3. The van der Waals surface area contributed by atoms with Gasteiger partial charge in [-0.25, -0.2) is 9.79 Å². The summed E-state index contributed by atoms with van der Waals surface area (Å²) in [5.74, 6) is 0.108. The molecule has 0 atom stereocenters. The molecule has 25 heavy (non-hydrogen) atoms. The van der Waals surface area contributed by atoms with Crippen molar-refractivity contribution in [2.24, 2.45) is 10.7 Å². The maximum Gasteiger partial charge on any atom is 0.324 e. The number of carbonyl (C=O) groups is 1. The van der Waals surface area contributed by atoms with Crippen LogP contribution < -0.4 is 16.0 Å². The fourth-order valence-electron chi connectivity index (χ4n) is 2.66. The van der Waals surface area contributed by atoms with Crippen LogP contribution in [0, 0.1) is 0 Å². The molecular formula is C18H22ClN5O. The first-order valence-electron chi connectivity index (χ1n) is 7.97. The molecule has 0 aliphatic carbocycles. The Kier molecular flexibility index (Phi) is 6.65. The molecule has 3 N–H and O–H groups in total. The lowest BCUT2D eigenvalue weighted by molar-refractivity contribution is 0.199. The summed E-state index contributed by atoms with van der Waals surface area (Å²) in [5, 5.41) is 2.65. The van der Waals surface area contributed by atoms with E-state index in [2.05, 4.69) is 27.3 Å². The summed E-state index contributed by atoms with van der Waals surface area (Å²) < 4.78 is 0. The number of aliphatic imine (C=N–C) groups is 1. The molecule has 0 saturated carbocycles. The van der Waals surface area contributed by atoms with Gasteiger partial charge in [0.25, 0.3) is 0 Å². The summed E-state index contributed by atoms with van der Waals surface area (Å²) in [5.41, 5.74) is 7.71. The number of rotatable bonds is 2. The first-order chi connectivity index (χ1) is 11.7. The summed E-state index contributed by atoms with van der Waals surface area (Å²) in [4.78, 5) is 20.5. The highest BCUT2D eigenvalue weighted by Gasteiger charge is 2.21. The van der Waals surface area contributed by atoms with Crippen molar-refractivity contribution in [2.75, 3.05) is 31.1 Å². The van der Waals surface area contributed by atoms with Gasteiger partial charge in [-0.1, -0.05) is 36.4 Å². The molecule has 0 bridgehead atoms. The number of para-hydroxylation sites is 2. The highest BCUT2D eigenvalue weighted by molar-refractivity contribution is 5.96. The lowest BCUT2D eigenvalue weighted by atomic mass is 10.2. The third-order valence-electron chi connectivity index (χ3n) is 3.93. The fraction of sp³-hybridized carbons (Fsp3) is 0.222. The minimum absolute atomic E-state index is 0. The number of anilines is 1. The molecule has 3 rings (SSSR count). The molecule has 0 radical (unpaired) electrons. The molecule has 0 unspecified atom stereocenters. The average molecular weight is 360 g/mol. The molecule has 132 valence electrons. The third-order valence-corrected chi connectivity index (χ3v) is 3.93. The van der Waals surface area contributed by atoms with Crippen molar-refractivity contribution in [3.05, 3.63) is 60.7 Å². The van der Waals surface area contributed by atoms with Gasteiger partial charge in [0.05, 0.1) is 5.69 Å². The Bertz CT molecular complexity index is 700. The van der Waals surface area contributed by atoms with E-state index >= 15 is 0 Å². The zero-order valence-electron chi connectivity index (χ0n) is 13.8. The second kappa shape index (κ2) is 8.94. The molecule has 2 aromatic carbocycles. The summed E-state index contributed by atoms with van der Waals surface area (Å²) >= 11 is 0. The van der Waals surface area contributed by atoms with Crippen molar-refractivity contribution < 1.29 is 4.79 Å². The van der Waals surface area contributed by atoms with Gasteiger partial charge in [-0.2, -0.15) is 0 Å². The SMILES string of the molecule is Cl.NC(=Nc1ccccc1)NC(=O)N1CCN(c2ccccc2)CC1. The van der Waals surface area contributed by atoms with Gasteiger partial charge in [-0.05, 0) is 24.3 Å². The van der Waals surface area contributed by atoms with Crippen LogP contribution in [0.4, 0.5) is 16.2 Å². The number of hydrogen-bond donors (Lipinski definition) is 2. The van der Waals surface area contributed by atoms with Gasteiger partial charge in [0.15, 0.2) is 0 Å². The zero-order valence-corrected chi connectivity index (χ0v) is 14.7. The van der Waals surface area contributed by atoms with E-state index in [1.165, 1.54) is 5.69 Å². The van der Waals surface area contributed by atoms with Crippen molar-refractivity contribution in [3.63, 3.8) is 0 Å². The van der Waals surface area contributed by atoms with Gasteiger partial charge in [-0.15, -0.1) is 12.4 Å². The number of nitrogens with one attached hydrogen (secondary N) is 1. The van der Waals surface area contributed by atoms with Gasteiger partial charge in [0, 0.05) is 31.9 Å². The molecule has 1 fully saturated rings. The number of benzene rings is 2. The van der Waals surface area contributed by atoms with E-state index < -0.39 is 0 Å². The number of halogens is 1. The molecule has 2 aromatic rings. The maximum absolute atomic E-state index is 12.3. The van der Waals surface area contributed by atoms with Crippen LogP contribution in [0.2, 0.25) is 0 Å². The van der Waals surface area contributed by atoms with Crippen LogP contribution in [0.5, 0.6) is 0 Å². The second-order valence-electron chi connectivity index (χ2n) is 5.57. The van der Waals surface area contributed by atoms with Crippen LogP contribution in [-0.4, -0.2) is 43.1 Å². The van der Waals surface area contributed by atoms with Crippen molar-refractivity contribution in [2.45, 2.75) is 0 Å². The number of urea groups is 1. The molecular weight excluding hydrogens is 338 g/mol. The maximum atomic E-state index is 12.3. The lowest BCUT2D eigenvalue weighted by Gasteiger charge is -2.35. The van der Waals surface area contributed by atoms with Crippen LogP contribution in [0.15, 0.2) is 65.7 Å². The molecule has 1 heterocycles. The number of hydrogen-bond acceptors (Lipinski definition) is 3. The minimum Gasteiger partial charge on any atom is -0.369 e. The van der Waals surface area contributed by atoms with Gasteiger partial charge in [0.1, 0.15) is 0 Å². The van der Waals surface area contributed by atoms with E-state index in [1.807, 2.05) is 48.5 Å². The average Bonchev–Trinajstić information content (AvgIpc) is 2.63. The van der Waals surface area contributed by atoms with Crippen LogP contribution in [-0.2, 0) is 0 Å². The standard InChI is InChI=1S/C18H21N5O.ClH/c19-17(20-15-7-3-1-4-8-15)21-18(24)23-13-11-22(12-14-23)16-9-5-2-6-10-16;/h1-10H,11-14H2,(H3,19,20,21,24);1H. The molecule has 2 amide bonds. The zero-order chi connectivity index (χ0) is 16.8. The first kappa shape index (κ1) is 18.6. The molecule has 1 saturated heterocycles. The quantitative estimate of drug-likeness (QED) is 0.639. The van der Waals surface area contributed by atoms with Crippen LogP contribution in [0.25, 0.3) is 0 Å². The van der Waals surface area contributed by atoms with Gasteiger partial charge >= 0.3 is 6.03 Å². The van der Waals surface area contributed by atoms with E-state index in [-0.39, 0.29) is 24.4 Å². The topological polar surface area (TPSA) is 74.0 Å². The van der Waals surface area contributed by atoms with Crippen molar-refractivity contribution in [3.8, 4) is 0 Å². The summed E-state index contributed by atoms with van der Waals surface area (Å²) in [6.07, 6.45) is 0. The van der Waals surface area contributed by atoms with Crippen LogP contribution >= 0.6 is 12.4 Å². The highest BCUT2D eigenvalue weighted by atomic mass is 35.5. The van der Waals surface area contributed by atoms with Crippen molar-refractivity contribution in [1.82, 2.24) is 10.2 Å². The fourth-order valence-corrected chi connectivity index (χ4v) is 2.66. The van der Waals surface area contributed by atoms with E-state index in [9.17, 15) is 4.79 Å². The van der Waals surface area contributed by atoms with Gasteiger partial charge in [0.2, 0.25) is 5.96 Å². The van der Waals surface area contributed by atoms with E-state index in [0.29, 0.717) is 18.8 Å². The van der Waals surface area contributed by atoms with Crippen LogP contribution in [0.3, 0.4) is 0 Å². The Hall–Kier alpha value is -2.73. The summed E-state index contributed by atoms with van der Waals surface area (Å²) in [7, 11) is 0. The molecule has 1 aliphatic rings. The monoisotopic (exact) mass is 359 g/mol. The molecule has 6 nitrogen and oxygen atoms in total. The van der Waals surface area contributed by atoms with Gasteiger partial charge < -0.3 is 15.5 Å². The number of nitrogens with two attached hydrogens (primary N) is 1. The van der Waals surface area contributed by atoms with Gasteiger partial charge in [-0.3, -0.25) is 5.32 Å². The Labute approximate surface area is 153 Å². The van der Waals surface area contributed by atoms with E-state index in [1.54, 1.807) is 4.90 Å². The lowest BCUT2D eigenvalue weighted by Crippen LogP contribution is -2.53. The molecule has 7 heteroatoms. The largest absolute Gasteiger partial charge is 0.369 e. The number of guanidine groups is 1. The van der Waals surface area contributed by atoms with Crippen molar-refractivity contribution >= 4 is 35.8 Å². The Morgan fingerprint density at radius 1 is 0.920 bits per heavy atom. The Morgan fingerprint density at radius 2 is 1.48 bits per heavy atom.